The molecule has 0 saturated carbocycles. The van der Waals surface area contributed by atoms with E-state index in [-0.39, 0.29) is 18.7 Å². The number of nitrogen functional groups attached to an aromatic ring is 1. The Bertz CT molecular complexity index is 534. The van der Waals surface area contributed by atoms with Gasteiger partial charge in [-0.25, -0.2) is 4.98 Å². The molecule has 0 saturated heterocycles. The summed E-state index contributed by atoms with van der Waals surface area (Å²) in [5.74, 6) is 1.12. The Morgan fingerprint density at radius 3 is 2.82 bits per heavy atom. The van der Waals surface area contributed by atoms with Crippen LogP contribution in [0.3, 0.4) is 0 Å². The molecular formula is C12H13N3O2. The van der Waals surface area contributed by atoms with Gasteiger partial charge in [0, 0.05) is 18.2 Å². The van der Waals surface area contributed by atoms with Gasteiger partial charge in [-0.1, -0.05) is 6.07 Å². The lowest BCUT2D eigenvalue weighted by Gasteiger charge is -2.01. The lowest BCUT2D eigenvalue weighted by atomic mass is 10.1. The van der Waals surface area contributed by atoms with E-state index in [4.69, 9.17) is 15.9 Å². The topological polar surface area (TPSA) is 95.1 Å². The Labute approximate surface area is 98.4 Å². The Hall–Kier alpha value is -2.14. The van der Waals surface area contributed by atoms with Crippen molar-refractivity contribution in [1.29, 1.82) is 0 Å². The van der Waals surface area contributed by atoms with Gasteiger partial charge in [-0.2, -0.15) is 0 Å². The second-order valence-electron chi connectivity index (χ2n) is 3.62. The van der Waals surface area contributed by atoms with Crippen molar-refractivity contribution in [2.75, 3.05) is 5.73 Å². The van der Waals surface area contributed by atoms with E-state index in [2.05, 4.69) is 4.98 Å². The number of carbonyl (C=O) groups excluding carboxylic acids is 1. The summed E-state index contributed by atoms with van der Waals surface area (Å²) in [5, 5.41) is 0. The number of nitrogens with two attached hydrogens (primary N) is 2. The van der Waals surface area contributed by atoms with E-state index in [1.54, 1.807) is 30.5 Å². The number of rotatable bonds is 4. The highest BCUT2D eigenvalue weighted by molar-refractivity contribution is 5.95. The monoisotopic (exact) mass is 231 g/mol. The minimum absolute atomic E-state index is 0.135. The van der Waals surface area contributed by atoms with Crippen molar-refractivity contribution in [1.82, 2.24) is 4.98 Å². The third-order valence-electron chi connectivity index (χ3n) is 2.41. The second-order valence-corrected chi connectivity index (χ2v) is 3.62. The zero-order chi connectivity index (χ0) is 12.3. The maximum Gasteiger partial charge on any atom is 0.202 e. The van der Waals surface area contributed by atoms with Gasteiger partial charge >= 0.3 is 0 Å². The predicted molar refractivity (Wildman–Crippen MR) is 63.3 cm³/mol. The van der Waals surface area contributed by atoms with Crippen molar-refractivity contribution in [2.45, 2.75) is 13.0 Å². The molecule has 0 radical (unpaired) electrons. The molecule has 17 heavy (non-hydrogen) atoms. The Balaban J connectivity index is 2.14. The first-order valence-electron chi connectivity index (χ1n) is 5.22. The van der Waals surface area contributed by atoms with Crippen LogP contribution in [-0.4, -0.2) is 10.8 Å². The molecule has 2 aromatic rings. The van der Waals surface area contributed by atoms with Crippen molar-refractivity contribution >= 4 is 11.6 Å². The van der Waals surface area contributed by atoms with E-state index in [1.165, 1.54) is 0 Å². The highest BCUT2D eigenvalue weighted by atomic mass is 16.3. The molecule has 0 aliphatic rings. The Kier molecular flexibility index (Phi) is 3.20. The zero-order valence-corrected chi connectivity index (χ0v) is 9.22. The van der Waals surface area contributed by atoms with Crippen molar-refractivity contribution in [2.24, 2.45) is 5.73 Å². The molecule has 5 heteroatoms. The number of nitrogens with zero attached hydrogens (tertiary/aromatic N) is 1. The van der Waals surface area contributed by atoms with Crippen molar-refractivity contribution in [3.8, 4) is 0 Å². The average molecular weight is 231 g/mol. The molecule has 0 aromatic carbocycles. The van der Waals surface area contributed by atoms with Gasteiger partial charge in [0.15, 0.2) is 5.76 Å². The van der Waals surface area contributed by atoms with Gasteiger partial charge in [0.05, 0.1) is 6.54 Å². The van der Waals surface area contributed by atoms with Gasteiger partial charge in [-0.15, -0.1) is 0 Å². The molecule has 0 amide bonds. The van der Waals surface area contributed by atoms with E-state index in [9.17, 15) is 4.79 Å². The first-order valence-corrected chi connectivity index (χ1v) is 5.22. The smallest absolute Gasteiger partial charge is 0.202 e. The van der Waals surface area contributed by atoms with Gasteiger partial charge in [0.25, 0.3) is 0 Å². The van der Waals surface area contributed by atoms with Gasteiger partial charge in [-0.3, -0.25) is 4.79 Å². The first kappa shape index (κ1) is 11.3. The van der Waals surface area contributed by atoms with Crippen LogP contribution in [0.2, 0.25) is 0 Å². The summed E-state index contributed by atoms with van der Waals surface area (Å²) in [4.78, 5) is 15.8. The molecule has 0 fully saturated rings. The van der Waals surface area contributed by atoms with Gasteiger partial charge < -0.3 is 15.9 Å². The van der Waals surface area contributed by atoms with Crippen LogP contribution in [0, 0.1) is 0 Å². The summed E-state index contributed by atoms with van der Waals surface area (Å²) in [5.41, 5.74) is 11.8. The molecule has 0 unspecified atom stereocenters. The number of hydrogen-bond acceptors (Lipinski definition) is 5. The minimum Gasteiger partial charge on any atom is -0.457 e. The van der Waals surface area contributed by atoms with Crippen LogP contribution in [0.15, 0.2) is 34.9 Å². The van der Waals surface area contributed by atoms with E-state index in [0.717, 1.165) is 0 Å². The van der Waals surface area contributed by atoms with Gasteiger partial charge in [-0.05, 0) is 18.2 Å². The number of furan rings is 1. The number of anilines is 1. The van der Waals surface area contributed by atoms with Crippen molar-refractivity contribution < 1.29 is 9.21 Å². The molecule has 2 heterocycles. The van der Waals surface area contributed by atoms with Gasteiger partial charge in [0.1, 0.15) is 11.6 Å². The Morgan fingerprint density at radius 2 is 2.18 bits per heavy atom. The molecule has 4 N–H and O–H groups in total. The molecular weight excluding hydrogens is 218 g/mol. The maximum absolute atomic E-state index is 11.9. The summed E-state index contributed by atoms with van der Waals surface area (Å²) in [7, 11) is 0. The molecule has 0 spiro atoms. The number of ketones is 1. The van der Waals surface area contributed by atoms with Crippen LogP contribution in [0.25, 0.3) is 0 Å². The summed E-state index contributed by atoms with van der Waals surface area (Å²) < 4.78 is 5.27. The maximum atomic E-state index is 11.9. The number of carbonyl (C=O) groups is 1. The highest BCUT2D eigenvalue weighted by Gasteiger charge is 2.13. The van der Waals surface area contributed by atoms with Crippen LogP contribution < -0.4 is 11.5 Å². The van der Waals surface area contributed by atoms with E-state index < -0.39 is 0 Å². The van der Waals surface area contributed by atoms with Crippen molar-refractivity contribution in [3.63, 3.8) is 0 Å². The SMILES string of the molecule is NCc1ccc(C(=O)Cc2cccnc2N)o1. The average Bonchev–Trinajstić information content (AvgIpc) is 2.81. The fourth-order valence-electron chi connectivity index (χ4n) is 1.50. The van der Waals surface area contributed by atoms with Crippen LogP contribution in [0.5, 0.6) is 0 Å². The van der Waals surface area contributed by atoms with Crippen LogP contribution in [0.1, 0.15) is 21.9 Å². The third-order valence-corrected chi connectivity index (χ3v) is 2.41. The molecule has 5 nitrogen and oxygen atoms in total. The summed E-state index contributed by atoms with van der Waals surface area (Å²) in [6.07, 6.45) is 1.76. The van der Waals surface area contributed by atoms with E-state index >= 15 is 0 Å². The normalized spacial score (nSPS) is 10.4. The third kappa shape index (κ3) is 2.51. The summed E-state index contributed by atoms with van der Waals surface area (Å²) >= 11 is 0. The quantitative estimate of drug-likeness (QED) is 0.769. The standard InChI is InChI=1S/C12H13N3O2/c13-7-9-3-4-11(17-9)10(16)6-8-2-1-5-15-12(8)14/h1-5H,6-7,13H2,(H2,14,15). The van der Waals surface area contributed by atoms with Crippen LogP contribution in [-0.2, 0) is 13.0 Å². The number of pyridine rings is 1. The molecule has 0 atom stereocenters. The van der Waals surface area contributed by atoms with Crippen molar-refractivity contribution in [3.05, 3.63) is 47.5 Å². The molecule has 0 aliphatic heterocycles. The number of aromatic nitrogens is 1. The molecule has 2 rings (SSSR count). The van der Waals surface area contributed by atoms with Crippen LogP contribution in [0.4, 0.5) is 5.82 Å². The predicted octanol–water partition coefficient (Wildman–Crippen LogP) is 1.14. The largest absolute Gasteiger partial charge is 0.457 e. The molecule has 0 bridgehead atoms. The van der Waals surface area contributed by atoms with Crippen LogP contribution >= 0.6 is 0 Å². The van der Waals surface area contributed by atoms with E-state index in [0.29, 0.717) is 22.9 Å². The second kappa shape index (κ2) is 4.80. The first-order chi connectivity index (χ1) is 8.20. The van der Waals surface area contributed by atoms with E-state index in [1.807, 2.05) is 0 Å². The van der Waals surface area contributed by atoms with Gasteiger partial charge in [0.2, 0.25) is 5.78 Å². The zero-order valence-electron chi connectivity index (χ0n) is 9.22. The summed E-state index contributed by atoms with van der Waals surface area (Å²) in [6.45, 7) is 0.280. The molecule has 0 aliphatic carbocycles. The number of Topliss-reactive ketones (excluding diaryl/α,β-unsaturated/α-hetero) is 1. The molecule has 88 valence electrons. The molecule has 2 aromatic heterocycles. The lowest BCUT2D eigenvalue weighted by molar-refractivity contribution is 0.0965. The minimum atomic E-state index is -0.135. The highest BCUT2D eigenvalue weighted by Crippen LogP contribution is 2.14. The fourth-order valence-corrected chi connectivity index (χ4v) is 1.50. The summed E-state index contributed by atoms with van der Waals surface area (Å²) in [6, 6.07) is 6.83. The number of hydrogen-bond donors (Lipinski definition) is 2. The fraction of sp³-hybridized carbons (Fsp3) is 0.167. The lowest BCUT2D eigenvalue weighted by Crippen LogP contribution is -2.06. The Morgan fingerprint density at radius 1 is 1.35 bits per heavy atom.